The Balaban J connectivity index is 1.76. The van der Waals surface area contributed by atoms with Gasteiger partial charge in [0.1, 0.15) is 6.33 Å². The minimum atomic E-state index is -0.337. The average molecular weight is 387 g/mol. The van der Waals surface area contributed by atoms with E-state index in [2.05, 4.69) is 15.5 Å². The molecule has 1 atom stereocenters. The lowest BCUT2D eigenvalue weighted by Gasteiger charge is -2.15. The summed E-state index contributed by atoms with van der Waals surface area (Å²) in [5.74, 6) is -0.0759. The monoisotopic (exact) mass is 386 g/mol. The lowest BCUT2D eigenvalue weighted by molar-refractivity contribution is -0.115. The number of halogens is 1. The molecule has 0 saturated heterocycles. The predicted molar refractivity (Wildman–Crippen MR) is 106 cm³/mol. The molecule has 1 N–H and O–H groups in total. The van der Waals surface area contributed by atoms with Crippen LogP contribution in [-0.4, -0.2) is 25.9 Å². The van der Waals surface area contributed by atoms with E-state index >= 15 is 0 Å². The van der Waals surface area contributed by atoms with Crippen LogP contribution in [-0.2, 0) is 4.79 Å². The first-order valence-corrected chi connectivity index (χ1v) is 9.41. The van der Waals surface area contributed by atoms with Gasteiger partial charge in [0.15, 0.2) is 5.16 Å². The number of aryl methyl sites for hydroxylation is 2. The molecule has 0 aliphatic carbocycles. The summed E-state index contributed by atoms with van der Waals surface area (Å²) in [6.07, 6.45) is 1.62. The van der Waals surface area contributed by atoms with E-state index in [0.717, 1.165) is 22.5 Å². The van der Waals surface area contributed by atoms with Crippen molar-refractivity contribution in [2.24, 2.45) is 0 Å². The fourth-order valence-electron chi connectivity index (χ4n) is 2.56. The lowest BCUT2D eigenvalue weighted by Crippen LogP contribution is -2.23. The Morgan fingerprint density at radius 2 is 1.88 bits per heavy atom. The van der Waals surface area contributed by atoms with Crippen molar-refractivity contribution in [2.75, 3.05) is 5.32 Å². The summed E-state index contributed by atoms with van der Waals surface area (Å²) < 4.78 is 1.82. The number of carbonyl (C=O) groups is 1. The highest BCUT2D eigenvalue weighted by molar-refractivity contribution is 8.00. The molecule has 0 aliphatic heterocycles. The second-order valence-electron chi connectivity index (χ2n) is 5.98. The number of nitrogens with zero attached hydrogens (tertiary/aromatic N) is 3. The van der Waals surface area contributed by atoms with Gasteiger partial charge in [-0.15, -0.1) is 10.2 Å². The quantitative estimate of drug-likeness (QED) is 0.648. The van der Waals surface area contributed by atoms with Crippen LogP contribution in [0.1, 0.15) is 18.1 Å². The number of amides is 1. The van der Waals surface area contributed by atoms with Crippen molar-refractivity contribution in [2.45, 2.75) is 31.2 Å². The van der Waals surface area contributed by atoms with Crippen LogP contribution >= 0.6 is 23.4 Å². The molecule has 26 heavy (non-hydrogen) atoms. The molecule has 0 fully saturated rings. The molecular formula is C19H19ClN4OS. The maximum absolute atomic E-state index is 12.6. The van der Waals surface area contributed by atoms with E-state index in [0.29, 0.717) is 10.2 Å². The highest BCUT2D eigenvalue weighted by Gasteiger charge is 2.19. The van der Waals surface area contributed by atoms with Gasteiger partial charge in [0, 0.05) is 10.7 Å². The molecule has 134 valence electrons. The van der Waals surface area contributed by atoms with Gasteiger partial charge in [-0.2, -0.15) is 0 Å². The minimum Gasteiger partial charge on any atom is -0.325 e. The third-order valence-corrected chi connectivity index (χ3v) is 5.28. The standard InChI is InChI=1S/C19H19ClN4OS/c1-12-6-4-7-13(2)17(12)22-18(25)14(3)26-19-23-21-11-24(19)16-9-5-8-15(20)10-16/h4-11,14H,1-3H3,(H,22,25). The second-order valence-corrected chi connectivity index (χ2v) is 7.72. The smallest absolute Gasteiger partial charge is 0.237 e. The Bertz CT molecular complexity index is 921. The summed E-state index contributed by atoms with van der Waals surface area (Å²) in [6, 6.07) is 13.4. The summed E-state index contributed by atoms with van der Waals surface area (Å²) in [7, 11) is 0. The number of para-hydroxylation sites is 1. The first-order valence-electron chi connectivity index (χ1n) is 8.15. The zero-order chi connectivity index (χ0) is 18.7. The van der Waals surface area contributed by atoms with E-state index in [1.54, 1.807) is 6.33 Å². The highest BCUT2D eigenvalue weighted by atomic mass is 35.5. The maximum atomic E-state index is 12.6. The van der Waals surface area contributed by atoms with Gasteiger partial charge in [0.25, 0.3) is 0 Å². The van der Waals surface area contributed by atoms with E-state index in [1.807, 2.05) is 67.8 Å². The summed E-state index contributed by atoms with van der Waals surface area (Å²) >= 11 is 7.42. The largest absolute Gasteiger partial charge is 0.325 e. The zero-order valence-electron chi connectivity index (χ0n) is 14.7. The minimum absolute atomic E-state index is 0.0759. The fourth-order valence-corrected chi connectivity index (χ4v) is 3.58. The van der Waals surface area contributed by atoms with Crippen LogP contribution in [0.4, 0.5) is 5.69 Å². The van der Waals surface area contributed by atoms with Crippen LogP contribution < -0.4 is 5.32 Å². The number of carbonyl (C=O) groups excluding carboxylic acids is 1. The number of thioether (sulfide) groups is 1. The summed E-state index contributed by atoms with van der Waals surface area (Å²) in [6.45, 7) is 5.82. The van der Waals surface area contributed by atoms with E-state index in [1.165, 1.54) is 11.8 Å². The normalized spacial score (nSPS) is 12.0. The van der Waals surface area contributed by atoms with Gasteiger partial charge in [-0.05, 0) is 50.1 Å². The van der Waals surface area contributed by atoms with Gasteiger partial charge >= 0.3 is 0 Å². The molecule has 5 nitrogen and oxygen atoms in total. The zero-order valence-corrected chi connectivity index (χ0v) is 16.3. The molecule has 1 aromatic heterocycles. The van der Waals surface area contributed by atoms with Crippen molar-refractivity contribution >= 4 is 35.0 Å². The number of anilines is 1. The van der Waals surface area contributed by atoms with Crippen LogP contribution in [0, 0.1) is 13.8 Å². The third-order valence-electron chi connectivity index (χ3n) is 3.98. The Morgan fingerprint density at radius 3 is 2.58 bits per heavy atom. The summed E-state index contributed by atoms with van der Waals surface area (Å²) in [5, 5.41) is 12.1. The number of rotatable bonds is 5. The van der Waals surface area contributed by atoms with Crippen LogP contribution in [0.15, 0.2) is 53.9 Å². The van der Waals surface area contributed by atoms with Crippen LogP contribution in [0.5, 0.6) is 0 Å². The van der Waals surface area contributed by atoms with Crippen LogP contribution in [0.3, 0.4) is 0 Å². The molecule has 3 rings (SSSR count). The van der Waals surface area contributed by atoms with Crippen molar-refractivity contribution in [3.63, 3.8) is 0 Å². The van der Waals surface area contributed by atoms with E-state index in [9.17, 15) is 4.79 Å². The van der Waals surface area contributed by atoms with Crippen molar-refractivity contribution in [3.05, 3.63) is 64.9 Å². The SMILES string of the molecule is Cc1cccc(C)c1NC(=O)C(C)Sc1nncn1-c1cccc(Cl)c1. The number of nitrogens with one attached hydrogen (secondary N) is 1. The lowest BCUT2D eigenvalue weighted by atomic mass is 10.1. The van der Waals surface area contributed by atoms with Gasteiger partial charge < -0.3 is 5.32 Å². The van der Waals surface area contributed by atoms with E-state index < -0.39 is 0 Å². The molecule has 0 spiro atoms. The first kappa shape index (κ1) is 18.5. The van der Waals surface area contributed by atoms with E-state index in [4.69, 9.17) is 11.6 Å². The topological polar surface area (TPSA) is 59.8 Å². The molecule has 2 aromatic carbocycles. The van der Waals surface area contributed by atoms with Crippen LogP contribution in [0.2, 0.25) is 5.02 Å². The molecule has 3 aromatic rings. The van der Waals surface area contributed by atoms with Crippen molar-refractivity contribution in [3.8, 4) is 5.69 Å². The predicted octanol–water partition coefficient (Wildman–Crippen LogP) is 4.66. The molecule has 1 amide bonds. The molecule has 7 heteroatoms. The average Bonchev–Trinajstić information content (AvgIpc) is 3.06. The molecule has 0 aliphatic rings. The third kappa shape index (κ3) is 4.08. The maximum Gasteiger partial charge on any atom is 0.237 e. The van der Waals surface area contributed by atoms with Crippen molar-refractivity contribution in [1.82, 2.24) is 14.8 Å². The number of hydrogen-bond acceptors (Lipinski definition) is 4. The Labute approximate surface area is 161 Å². The highest BCUT2D eigenvalue weighted by Crippen LogP contribution is 2.27. The van der Waals surface area contributed by atoms with E-state index in [-0.39, 0.29) is 11.2 Å². The summed E-state index contributed by atoms with van der Waals surface area (Å²) in [4.78, 5) is 12.6. The number of hydrogen-bond donors (Lipinski definition) is 1. The van der Waals surface area contributed by atoms with Gasteiger partial charge in [0.05, 0.1) is 10.9 Å². The molecule has 0 saturated carbocycles. The Kier molecular flexibility index (Phi) is 5.64. The molecular weight excluding hydrogens is 368 g/mol. The van der Waals surface area contributed by atoms with Crippen LogP contribution in [0.25, 0.3) is 5.69 Å². The van der Waals surface area contributed by atoms with Crippen molar-refractivity contribution < 1.29 is 4.79 Å². The first-order chi connectivity index (χ1) is 12.5. The van der Waals surface area contributed by atoms with Crippen molar-refractivity contribution in [1.29, 1.82) is 0 Å². The van der Waals surface area contributed by atoms with Gasteiger partial charge in [-0.3, -0.25) is 9.36 Å². The second kappa shape index (κ2) is 7.93. The number of aromatic nitrogens is 3. The molecule has 0 radical (unpaired) electrons. The van der Waals surface area contributed by atoms with Gasteiger partial charge in [-0.1, -0.05) is 47.6 Å². The molecule has 1 heterocycles. The summed E-state index contributed by atoms with van der Waals surface area (Å²) in [5.41, 5.74) is 3.80. The van der Waals surface area contributed by atoms with Gasteiger partial charge in [-0.25, -0.2) is 0 Å². The molecule has 0 bridgehead atoms. The molecule has 1 unspecified atom stereocenters. The fraction of sp³-hybridized carbons (Fsp3) is 0.211. The Morgan fingerprint density at radius 1 is 1.19 bits per heavy atom. The Hall–Kier alpha value is -2.31. The number of benzene rings is 2. The van der Waals surface area contributed by atoms with Gasteiger partial charge in [0.2, 0.25) is 5.91 Å².